The molecule has 1 aliphatic rings. The normalized spacial score (nSPS) is 16.6. The standard InChI is InChI=1S/C12H17N3O4/c1-3-4-9(11(17)18)15-12(19)13-7(2)10(16)14-8-5-6-8/h1,7-9H,4-6H2,2H3,(H,14,16)(H,17,18)(H2,13,15,19). The van der Waals surface area contributed by atoms with E-state index in [9.17, 15) is 14.4 Å². The maximum absolute atomic E-state index is 11.6. The van der Waals surface area contributed by atoms with Gasteiger partial charge in [0.2, 0.25) is 5.91 Å². The second-order valence-corrected chi connectivity index (χ2v) is 4.42. The van der Waals surface area contributed by atoms with Crippen molar-refractivity contribution in [3.63, 3.8) is 0 Å². The Morgan fingerprint density at radius 2 is 2.00 bits per heavy atom. The maximum atomic E-state index is 11.6. The van der Waals surface area contributed by atoms with E-state index in [2.05, 4.69) is 21.9 Å². The number of carboxylic acid groups (broad SMARTS) is 1. The lowest BCUT2D eigenvalue weighted by Gasteiger charge is -2.17. The van der Waals surface area contributed by atoms with Crippen LogP contribution in [0.5, 0.6) is 0 Å². The van der Waals surface area contributed by atoms with Crippen molar-refractivity contribution in [3.8, 4) is 12.3 Å². The van der Waals surface area contributed by atoms with Crippen LogP contribution in [0.1, 0.15) is 26.2 Å². The first-order valence-electron chi connectivity index (χ1n) is 5.97. The quantitative estimate of drug-likeness (QED) is 0.483. The number of rotatable bonds is 6. The zero-order chi connectivity index (χ0) is 14.4. The molecule has 0 heterocycles. The summed E-state index contributed by atoms with van der Waals surface area (Å²) in [7, 11) is 0. The first-order valence-corrected chi connectivity index (χ1v) is 5.97. The fourth-order valence-electron chi connectivity index (χ4n) is 1.33. The highest BCUT2D eigenvalue weighted by Crippen LogP contribution is 2.18. The Labute approximate surface area is 111 Å². The fourth-order valence-corrected chi connectivity index (χ4v) is 1.33. The molecular weight excluding hydrogens is 250 g/mol. The third-order valence-electron chi connectivity index (χ3n) is 2.59. The van der Waals surface area contributed by atoms with Crippen molar-refractivity contribution < 1.29 is 19.5 Å². The molecule has 0 aromatic carbocycles. The lowest BCUT2D eigenvalue weighted by molar-refractivity contribution is -0.139. The summed E-state index contributed by atoms with van der Waals surface area (Å²) < 4.78 is 0. The summed E-state index contributed by atoms with van der Waals surface area (Å²) in [5.41, 5.74) is 0. The number of hydrogen-bond acceptors (Lipinski definition) is 3. The molecule has 0 aliphatic heterocycles. The average Bonchev–Trinajstić information content (AvgIpc) is 3.11. The van der Waals surface area contributed by atoms with Crippen molar-refractivity contribution in [2.45, 2.75) is 44.3 Å². The largest absolute Gasteiger partial charge is 0.480 e. The van der Waals surface area contributed by atoms with E-state index in [1.165, 1.54) is 6.92 Å². The van der Waals surface area contributed by atoms with E-state index in [0.29, 0.717) is 0 Å². The molecular formula is C12H17N3O4. The molecule has 0 aromatic rings. The summed E-state index contributed by atoms with van der Waals surface area (Å²) >= 11 is 0. The van der Waals surface area contributed by atoms with Gasteiger partial charge in [0, 0.05) is 12.5 Å². The van der Waals surface area contributed by atoms with E-state index in [4.69, 9.17) is 11.5 Å². The first kappa shape index (κ1) is 14.8. The Hall–Kier alpha value is -2.23. The molecule has 2 unspecified atom stereocenters. The molecule has 3 amide bonds. The smallest absolute Gasteiger partial charge is 0.327 e. The number of carbonyl (C=O) groups excluding carboxylic acids is 2. The second-order valence-electron chi connectivity index (χ2n) is 4.42. The highest BCUT2D eigenvalue weighted by molar-refractivity contribution is 5.88. The second kappa shape index (κ2) is 6.64. The Balaban J connectivity index is 2.37. The molecule has 0 bridgehead atoms. The van der Waals surface area contributed by atoms with Crippen LogP contribution in [0, 0.1) is 12.3 Å². The van der Waals surface area contributed by atoms with E-state index in [-0.39, 0.29) is 18.4 Å². The van der Waals surface area contributed by atoms with Crippen LogP contribution < -0.4 is 16.0 Å². The van der Waals surface area contributed by atoms with Crippen molar-refractivity contribution in [2.75, 3.05) is 0 Å². The molecule has 4 N–H and O–H groups in total. The average molecular weight is 267 g/mol. The van der Waals surface area contributed by atoms with Crippen LogP contribution >= 0.6 is 0 Å². The van der Waals surface area contributed by atoms with Gasteiger partial charge in [0.05, 0.1) is 0 Å². The van der Waals surface area contributed by atoms with Gasteiger partial charge in [-0.15, -0.1) is 12.3 Å². The summed E-state index contributed by atoms with van der Waals surface area (Å²) in [4.78, 5) is 33.9. The summed E-state index contributed by atoms with van der Waals surface area (Å²) in [6.07, 6.45) is 6.79. The lowest BCUT2D eigenvalue weighted by atomic mass is 10.2. The topological polar surface area (TPSA) is 108 Å². The van der Waals surface area contributed by atoms with Crippen LogP contribution in [0.25, 0.3) is 0 Å². The molecule has 7 nitrogen and oxygen atoms in total. The van der Waals surface area contributed by atoms with Gasteiger partial charge in [-0.2, -0.15) is 0 Å². The van der Waals surface area contributed by atoms with Gasteiger partial charge in [0.1, 0.15) is 12.1 Å². The van der Waals surface area contributed by atoms with Crippen molar-refractivity contribution in [1.82, 2.24) is 16.0 Å². The number of carbonyl (C=O) groups is 3. The molecule has 0 saturated heterocycles. The van der Waals surface area contributed by atoms with Crippen molar-refractivity contribution in [2.24, 2.45) is 0 Å². The number of amides is 3. The van der Waals surface area contributed by atoms with E-state index in [1.807, 2.05) is 0 Å². The minimum Gasteiger partial charge on any atom is -0.480 e. The number of nitrogens with one attached hydrogen (secondary N) is 3. The maximum Gasteiger partial charge on any atom is 0.327 e. The molecule has 0 aromatic heterocycles. The fraction of sp³-hybridized carbons (Fsp3) is 0.583. The van der Waals surface area contributed by atoms with Gasteiger partial charge in [-0.05, 0) is 19.8 Å². The molecule has 19 heavy (non-hydrogen) atoms. The Morgan fingerprint density at radius 3 is 2.47 bits per heavy atom. The third kappa shape index (κ3) is 5.29. The van der Waals surface area contributed by atoms with Crippen LogP contribution in [-0.2, 0) is 9.59 Å². The van der Waals surface area contributed by atoms with Gasteiger partial charge in [0.25, 0.3) is 0 Å². The van der Waals surface area contributed by atoms with Gasteiger partial charge in [-0.1, -0.05) is 0 Å². The van der Waals surface area contributed by atoms with Gasteiger partial charge < -0.3 is 21.1 Å². The van der Waals surface area contributed by atoms with Crippen LogP contribution in [0.2, 0.25) is 0 Å². The van der Waals surface area contributed by atoms with Crippen LogP contribution in [0.4, 0.5) is 4.79 Å². The van der Waals surface area contributed by atoms with Crippen LogP contribution in [-0.4, -0.2) is 41.1 Å². The molecule has 1 aliphatic carbocycles. The summed E-state index contributed by atoms with van der Waals surface area (Å²) in [6, 6.07) is -2.43. The summed E-state index contributed by atoms with van der Waals surface area (Å²) in [5.74, 6) is 0.653. The molecule has 104 valence electrons. The van der Waals surface area contributed by atoms with E-state index >= 15 is 0 Å². The Bertz CT molecular complexity index is 412. The molecule has 1 rings (SSSR count). The summed E-state index contributed by atoms with van der Waals surface area (Å²) in [6.45, 7) is 1.52. The van der Waals surface area contributed by atoms with Crippen molar-refractivity contribution in [3.05, 3.63) is 0 Å². The molecule has 1 saturated carbocycles. The summed E-state index contributed by atoms with van der Waals surface area (Å²) in [5, 5.41) is 16.1. The molecule has 1 fully saturated rings. The van der Waals surface area contributed by atoms with Gasteiger partial charge in [-0.25, -0.2) is 9.59 Å². The SMILES string of the molecule is C#CCC(NC(=O)NC(C)C(=O)NC1CC1)C(=O)O. The predicted octanol–water partition coefficient (Wildman–Crippen LogP) is -0.571. The molecule has 0 spiro atoms. The zero-order valence-corrected chi connectivity index (χ0v) is 10.6. The minimum atomic E-state index is -1.22. The highest BCUT2D eigenvalue weighted by Gasteiger charge is 2.27. The Kier molecular flexibility index (Phi) is 5.18. The molecule has 2 atom stereocenters. The number of aliphatic carboxylic acids is 1. The first-order chi connectivity index (χ1) is 8.93. The molecule has 7 heteroatoms. The Morgan fingerprint density at radius 1 is 1.37 bits per heavy atom. The van der Waals surface area contributed by atoms with Gasteiger partial charge >= 0.3 is 12.0 Å². The van der Waals surface area contributed by atoms with Crippen molar-refractivity contribution in [1.29, 1.82) is 0 Å². The lowest BCUT2D eigenvalue weighted by Crippen LogP contribution is -2.52. The van der Waals surface area contributed by atoms with E-state index in [0.717, 1.165) is 12.8 Å². The van der Waals surface area contributed by atoms with Gasteiger partial charge in [-0.3, -0.25) is 4.79 Å². The zero-order valence-electron chi connectivity index (χ0n) is 10.6. The van der Waals surface area contributed by atoms with Crippen LogP contribution in [0.3, 0.4) is 0 Å². The number of hydrogen-bond donors (Lipinski definition) is 4. The number of carboxylic acids is 1. The van der Waals surface area contributed by atoms with Crippen LogP contribution in [0.15, 0.2) is 0 Å². The monoisotopic (exact) mass is 267 g/mol. The number of urea groups is 1. The predicted molar refractivity (Wildman–Crippen MR) is 67.2 cm³/mol. The third-order valence-corrected chi connectivity index (χ3v) is 2.59. The highest BCUT2D eigenvalue weighted by atomic mass is 16.4. The van der Waals surface area contributed by atoms with E-state index in [1.54, 1.807) is 0 Å². The van der Waals surface area contributed by atoms with E-state index < -0.39 is 24.1 Å². The minimum absolute atomic E-state index is 0.120. The van der Waals surface area contributed by atoms with Crippen molar-refractivity contribution >= 4 is 17.9 Å². The molecule has 0 radical (unpaired) electrons. The van der Waals surface area contributed by atoms with Gasteiger partial charge in [0.15, 0.2) is 0 Å². The number of terminal acetylenes is 1.